The van der Waals surface area contributed by atoms with Gasteiger partial charge in [-0.15, -0.1) is 0 Å². The monoisotopic (exact) mass is 190 g/mol. The van der Waals surface area contributed by atoms with Gasteiger partial charge in [0, 0.05) is 25.1 Å². The highest BCUT2D eigenvalue weighted by Crippen LogP contribution is 2.39. The number of anilines is 1. The van der Waals surface area contributed by atoms with Crippen molar-refractivity contribution < 1.29 is 4.79 Å². The predicted octanol–water partition coefficient (Wildman–Crippen LogP) is 1.73. The average molecular weight is 190 g/mol. The molecule has 1 aromatic rings. The largest absolute Gasteiger partial charge is 0.310 e. The van der Waals surface area contributed by atoms with Crippen molar-refractivity contribution in [3.63, 3.8) is 0 Å². The highest BCUT2D eigenvalue weighted by atomic mass is 16.2. The van der Waals surface area contributed by atoms with E-state index in [1.165, 1.54) is 5.56 Å². The molecular weight excluding hydrogens is 176 g/mol. The van der Waals surface area contributed by atoms with Crippen LogP contribution < -0.4 is 4.90 Å². The SMILES string of the molecule is CC(=O)N1CC(C)(C)c2ccncc21. The van der Waals surface area contributed by atoms with Crippen molar-refractivity contribution in [2.75, 3.05) is 11.4 Å². The minimum absolute atomic E-state index is 0.0456. The Morgan fingerprint density at radius 1 is 1.57 bits per heavy atom. The number of rotatable bonds is 0. The molecule has 14 heavy (non-hydrogen) atoms. The van der Waals surface area contributed by atoms with Crippen molar-refractivity contribution in [1.82, 2.24) is 4.98 Å². The van der Waals surface area contributed by atoms with Crippen LogP contribution in [0.25, 0.3) is 0 Å². The summed E-state index contributed by atoms with van der Waals surface area (Å²) in [6, 6.07) is 2.00. The fraction of sp³-hybridized carbons (Fsp3) is 0.455. The van der Waals surface area contributed by atoms with E-state index in [4.69, 9.17) is 0 Å². The van der Waals surface area contributed by atoms with Crippen LogP contribution in [0.15, 0.2) is 18.5 Å². The third kappa shape index (κ3) is 1.20. The van der Waals surface area contributed by atoms with Crippen LogP contribution in [0.3, 0.4) is 0 Å². The predicted molar refractivity (Wildman–Crippen MR) is 55.3 cm³/mol. The molecule has 3 nitrogen and oxygen atoms in total. The lowest BCUT2D eigenvalue weighted by Gasteiger charge is -2.19. The van der Waals surface area contributed by atoms with E-state index in [1.807, 2.05) is 6.07 Å². The van der Waals surface area contributed by atoms with Crippen LogP contribution in [0, 0.1) is 0 Å². The van der Waals surface area contributed by atoms with Gasteiger partial charge in [0.25, 0.3) is 0 Å². The van der Waals surface area contributed by atoms with E-state index in [9.17, 15) is 4.79 Å². The lowest BCUT2D eigenvalue weighted by Crippen LogP contribution is -2.31. The number of carbonyl (C=O) groups is 1. The van der Waals surface area contributed by atoms with Gasteiger partial charge in [0.1, 0.15) is 0 Å². The van der Waals surface area contributed by atoms with Crippen LogP contribution in [-0.2, 0) is 10.2 Å². The van der Waals surface area contributed by atoms with E-state index in [-0.39, 0.29) is 11.3 Å². The Kier molecular flexibility index (Phi) is 1.84. The van der Waals surface area contributed by atoms with Gasteiger partial charge in [0.05, 0.1) is 11.9 Å². The van der Waals surface area contributed by atoms with Crippen molar-refractivity contribution >= 4 is 11.6 Å². The first-order valence-electron chi connectivity index (χ1n) is 4.75. The van der Waals surface area contributed by atoms with Crippen LogP contribution in [-0.4, -0.2) is 17.4 Å². The summed E-state index contributed by atoms with van der Waals surface area (Å²) in [4.78, 5) is 17.2. The molecule has 0 saturated carbocycles. The Morgan fingerprint density at radius 3 is 2.93 bits per heavy atom. The van der Waals surface area contributed by atoms with Crippen molar-refractivity contribution in [1.29, 1.82) is 0 Å². The van der Waals surface area contributed by atoms with Gasteiger partial charge in [-0.3, -0.25) is 9.78 Å². The normalized spacial score (nSPS) is 18.1. The second-order valence-corrected chi connectivity index (χ2v) is 4.38. The number of aromatic nitrogens is 1. The third-order valence-corrected chi connectivity index (χ3v) is 2.75. The fourth-order valence-electron chi connectivity index (χ4n) is 2.02. The topological polar surface area (TPSA) is 33.2 Å². The Balaban J connectivity index is 2.55. The number of amides is 1. The smallest absolute Gasteiger partial charge is 0.223 e. The van der Waals surface area contributed by atoms with Gasteiger partial charge in [-0.25, -0.2) is 0 Å². The number of hydrogen-bond acceptors (Lipinski definition) is 2. The van der Waals surface area contributed by atoms with Gasteiger partial charge in [0.15, 0.2) is 0 Å². The maximum atomic E-state index is 11.4. The minimum atomic E-state index is 0.0456. The molecule has 0 atom stereocenters. The zero-order valence-corrected chi connectivity index (χ0v) is 8.74. The van der Waals surface area contributed by atoms with Crippen molar-refractivity contribution in [3.8, 4) is 0 Å². The molecule has 1 aromatic heterocycles. The molecule has 0 radical (unpaired) electrons. The van der Waals surface area contributed by atoms with E-state index in [0.717, 1.165) is 12.2 Å². The Hall–Kier alpha value is -1.38. The van der Waals surface area contributed by atoms with Crippen LogP contribution in [0.1, 0.15) is 26.3 Å². The summed E-state index contributed by atoms with van der Waals surface area (Å²) in [6.45, 7) is 6.64. The van der Waals surface area contributed by atoms with Gasteiger partial charge in [-0.1, -0.05) is 13.8 Å². The molecule has 1 amide bonds. The van der Waals surface area contributed by atoms with Crippen molar-refractivity contribution in [3.05, 3.63) is 24.0 Å². The zero-order chi connectivity index (χ0) is 10.3. The zero-order valence-electron chi connectivity index (χ0n) is 8.74. The summed E-state index contributed by atoms with van der Waals surface area (Å²) < 4.78 is 0. The standard InChI is InChI=1S/C11H14N2O/c1-8(14)13-7-11(2,3)9-4-5-12-6-10(9)13/h4-6H,7H2,1-3H3. The molecule has 0 saturated heterocycles. The molecule has 74 valence electrons. The summed E-state index contributed by atoms with van der Waals surface area (Å²) in [5.41, 5.74) is 2.22. The maximum Gasteiger partial charge on any atom is 0.223 e. The van der Waals surface area contributed by atoms with Crippen LogP contribution >= 0.6 is 0 Å². The molecule has 0 unspecified atom stereocenters. The Labute approximate surface area is 83.8 Å². The minimum Gasteiger partial charge on any atom is -0.310 e. The molecule has 2 heterocycles. The summed E-state index contributed by atoms with van der Waals surface area (Å²) >= 11 is 0. The first kappa shape index (κ1) is 9.19. The maximum absolute atomic E-state index is 11.4. The molecule has 0 fully saturated rings. The van der Waals surface area contributed by atoms with Gasteiger partial charge >= 0.3 is 0 Å². The average Bonchev–Trinajstić information content (AvgIpc) is 2.40. The van der Waals surface area contributed by atoms with Gasteiger partial charge < -0.3 is 4.90 Å². The second-order valence-electron chi connectivity index (χ2n) is 4.38. The Morgan fingerprint density at radius 2 is 2.29 bits per heavy atom. The summed E-state index contributed by atoms with van der Waals surface area (Å²) in [5.74, 6) is 0.0878. The first-order chi connectivity index (χ1) is 6.52. The molecule has 1 aliphatic rings. The number of fused-ring (bicyclic) bond motifs is 1. The number of pyridine rings is 1. The molecule has 0 aliphatic carbocycles. The quantitative estimate of drug-likeness (QED) is 0.624. The molecule has 0 spiro atoms. The van der Waals surface area contributed by atoms with E-state index >= 15 is 0 Å². The summed E-state index contributed by atoms with van der Waals surface area (Å²) in [7, 11) is 0. The Bertz CT molecular complexity index is 385. The van der Waals surface area contributed by atoms with Crippen molar-refractivity contribution in [2.45, 2.75) is 26.2 Å². The van der Waals surface area contributed by atoms with E-state index in [2.05, 4.69) is 18.8 Å². The molecule has 1 aliphatic heterocycles. The highest BCUT2D eigenvalue weighted by Gasteiger charge is 2.36. The second kappa shape index (κ2) is 2.80. The van der Waals surface area contributed by atoms with Gasteiger partial charge in [-0.2, -0.15) is 0 Å². The molecular formula is C11H14N2O. The molecule has 3 heteroatoms. The van der Waals surface area contributed by atoms with Crippen LogP contribution in [0.4, 0.5) is 5.69 Å². The lowest BCUT2D eigenvalue weighted by molar-refractivity contribution is -0.116. The molecule has 0 aromatic carbocycles. The van der Waals surface area contributed by atoms with Gasteiger partial charge in [-0.05, 0) is 11.6 Å². The van der Waals surface area contributed by atoms with Gasteiger partial charge in [0.2, 0.25) is 5.91 Å². The third-order valence-electron chi connectivity index (χ3n) is 2.75. The highest BCUT2D eigenvalue weighted by molar-refractivity contribution is 5.94. The number of nitrogens with zero attached hydrogens (tertiary/aromatic N) is 2. The molecule has 0 N–H and O–H groups in total. The van der Waals surface area contributed by atoms with E-state index < -0.39 is 0 Å². The summed E-state index contributed by atoms with van der Waals surface area (Å²) in [5, 5.41) is 0. The van der Waals surface area contributed by atoms with E-state index in [1.54, 1.807) is 24.2 Å². The molecule has 0 bridgehead atoms. The van der Waals surface area contributed by atoms with Crippen LogP contribution in [0.5, 0.6) is 0 Å². The van der Waals surface area contributed by atoms with Crippen LogP contribution in [0.2, 0.25) is 0 Å². The first-order valence-corrected chi connectivity index (χ1v) is 4.75. The molecule has 2 rings (SSSR count). The summed E-state index contributed by atoms with van der Waals surface area (Å²) in [6.07, 6.45) is 3.55. The number of hydrogen-bond donors (Lipinski definition) is 0. The van der Waals surface area contributed by atoms with E-state index in [0.29, 0.717) is 0 Å². The fourth-order valence-corrected chi connectivity index (χ4v) is 2.02. The lowest BCUT2D eigenvalue weighted by atomic mass is 9.88. The number of carbonyl (C=O) groups excluding carboxylic acids is 1. The van der Waals surface area contributed by atoms with Crippen molar-refractivity contribution in [2.24, 2.45) is 0 Å².